The molecule has 0 bridgehead atoms. The third-order valence-corrected chi connectivity index (χ3v) is 3.14. The van der Waals surface area contributed by atoms with Crippen molar-refractivity contribution < 1.29 is 0 Å². The molecule has 0 radical (unpaired) electrons. The van der Waals surface area contributed by atoms with Crippen LogP contribution in [0, 0.1) is 0 Å². The number of anilines is 1. The van der Waals surface area contributed by atoms with Gasteiger partial charge in [-0.25, -0.2) is 0 Å². The van der Waals surface area contributed by atoms with Crippen molar-refractivity contribution in [3.8, 4) is 22.3 Å². The summed E-state index contributed by atoms with van der Waals surface area (Å²) >= 11 is 0. The topological polar surface area (TPSA) is 38.9 Å². The Labute approximate surface area is 112 Å². The molecule has 2 N–H and O–H groups in total. The summed E-state index contributed by atoms with van der Waals surface area (Å²) in [7, 11) is 0. The summed E-state index contributed by atoms with van der Waals surface area (Å²) in [6.45, 7) is 0. The summed E-state index contributed by atoms with van der Waals surface area (Å²) in [5.41, 5.74) is 11.2. The number of benzene rings is 2. The van der Waals surface area contributed by atoms with Gasteiger partial charge in [-0.15, -0.1) is 0 Å². The van der Waals surface area contributed by atoms with Crippen molar-refractivity contribution in [1.29, 1.82) is 0 Å². The molecule has 3 aromatic rings. The maximum atomic E-state index is 5.70. The highest BCUT2D eigenvalue weighted by molar-refractivity contribution is 5.70. The summed E-state index contributed by atoms with van der Waals surface area (Å²) < 4.78 is 0. The number of nitrogens with two attached hydrogens (primary N) is 1. The second-order valence-electron chi connectivity index (χ2n) is 4.44. The largest absolute Gasteiger partial charge is 0.399 e. The molecule has 0 aliphatic heterocycles. The van der Waals surface area contributed by atoms with Gasteiger partial charge in [0.1, 0.15) is 0 Å². The first-order valence-corrected chi connectivity index (χ1v) is 6.19. The smallest absolute Gasteiger partial charge is 0.0314 e. The summed E-state index contributed by atoms with van der Waals surface area (Å²) in [5, 5.41) is 0. The molecule has 0 fully saturated rings. The van der Waals surface area contributed by atoms with Crippen molar-refractivity contribution in [1.82, 2.24) is 4.98 Å². The van der Waals surface area contributed by atoms with Crippen LogP contribution in [0.25, 0.3) is 22.3 Å². The zero-order valence-electron chi connectivity index (χ0n) is 10.5. The molecule has 2 heteroatoms. The van der Waals surface area contributed by atoms with E-state index in [1.165, 1.54) is 22.3 Å². The maximum Gasteiger partial charge on any atom is 0.0314 e. The minimum Gasteiger partial charge on any atom is -0.399 e. The number of hydrogen-bond acceptors (Lipinski definition) is 2. The van der Waals surface area contributed by atoms with E-state index in [2.05, 4.69) is 29.2 Å². The highest BCUT2D eigenvalue weighted by Gasteiger charge is 1.99. The van der Waals surface area contributed by atoms with Gasteiger partial charge in [0.2, 0.25) is 0 Å². The average Bonchev–Trinajstić information content (AvgIpc) is 2.49. The second-order valence-corrected chi connectivity index (χ2v) is 4.44. The minimum atomic E-state index is 0.789. The van der Waals surface area contributed by atoms with Gasteiger partial charge in [-0.3, -0.25) is 4.98 Å². The van der Waals surface area contributed by atoms with Crippen LogP contribution in [0.2, 0.25) is 0 Å². The lowest BCUT2D eigenvalue weighted by molar-refractivity contribution is 1.33. The molecule has 3 rings (SSSR count). The van der Waals surface area contributed by atoms with Crippen LogP contribution in [0.4, 0.5) is 5.69 Å². The van der Waals surface area contributed by atoms with E-state index in [4.69, 9.17) is 5.73 Å². The molecule has 0 aliphatic rings. The molecule has 0 atom stereocenters. The Morgan fingerprint density at radius 1 is 0.526 bits per heavy atom. The molecule has 0 aliphatic carbocycles. The maximum absolute atomic E-state index is 5.70. The quantitative estimate of drug-likeness (QED) is 0.694. The van der Waals surface area contributed by atoms with Crippen LogP contribution in [-0.2, 0) is 0 Å². The molecule has 1 heterocycles. The Morgan fingerprint density at radius 3 is 1.37 bits per heavy atom. The van der Waals surface area contributed by atoms with E-state index >= 15 is 0 Å². The first-order chi connectivity index (χ1) is 9.33. The van der Waals surface area contributed by atoms with Crippen molar-refractivity contribution in [3.63, 3.8) is 0 Å². The van der Waals surface area contributed by atoms with Gasteiger partial charge in [-0.1, -0.05) is 36.4 Å². The highest BCUT2D eigenvalue weighted by atomic mass is 14.6. The molecule has 2 nitrogen and oxygen atoms in total. The molecule has 0 spiro atoms. The lowest BCUT2D eigenvalue weighted by Gasteiger charge is -2.05. The van der Waals surface area contributed by atoms with Crippen molar-refractivity contribution in [2.75, 3.05) is 5.73 Å². The van der Waals surface area contributed by atoms with Crippen LogP contribution < -0.4 is 5.73 Å². The minimum absolute atomic E-state index is 0.789. The number of aromatic nitrogens is 1. The fourth-order valence-electron chi connectivity index (χ4n) is 2.08. The van der Waals surface area contributed by atoms with Gasteiger partial charge in [0.25, 0.3) is 0 Å². The summed E-state index contributed by atoms with van der Waals surface area (Å²) in [4.78, 5) is 4.03. The Kier molecular flexibility index (Phi) is 2.99. The van der Waals surface area contributed by atoms with Crippen molar-refractivity contribution in [2.45, 2.75) is 0 Å². The van der Waals surface area contributed by atoms with Gasteiger partial charge in [0, 0.05) is 18.1 Å². The Hall–Kier alpha value is -2.61. The van der Waals surface area contributed by atoms with Crippen molar-refractivity contribution in [2.24, 2.45) is 0 Å². The molecule has 0 unspecified atom stereocenters. The number of pyridine rings is 1. The summed E-state index contributed by atoms with van der Waals surface area (Å²) in [6.07, 6.45) is 3.62. The van der Waals surface area contributed by atoms with Gasteiger partial charge in [-0.05, 0) is 46.5 Å². The SMILES string of the molecule is Nc1ccc(-c2ccc(-c3ccncc3)cc2)cc1. The number of nitrogens with zero attached hydrogens (tertiary/aromatic N) is 1. The van der Waals surface area contributed by atoms with E-state index in [1.54, 1.807) is 0 Å². The van der Waals surface area contributed by atoms with Crippen LogP contribution in [0.15, 0.2) is 73.1 Å². The highest BCUT2D eigenvalue weighted by Crippen LogP contribution is 2.24. The summed E-state index contributed by atoms with van der Waals surface area (Å²) in [5.74, 6) is 0. The van der Waals surface area contributed by atoms with Crippen LogP contribution >= 0.6 is 0 Å². The fourth-order valence-corrected chi connectivity index (χ4v) is 2.08. The Bertz CT molecular complexity index is 656. The molecule has 19 heavy (non-hydrogen) atoms. The third kappa shape index (κ3) is 2.47. The van der Waals surface area contributed by atoms with E-state index in [0.29, 0.717) is 0 Å². The van der Waals surface area contributed by atoms with Crippen LogP contribution in [0.3, 0.4) is 0 Å². The van der Waals surface area contributed by atoms with Crippen LogP contribution in [0.1, 0.15) is 0 Å². The molecule has 0 saturated carbocycles. The van der Waals surface area contributed by atoms with E-state index in [-0.39, 0.29) is 0 Å². The van der Waals surface area contributed by atoms with Crippen LogP contribution in [-0.4, -0.2) is 4.98 Å². The predicted molar refractivity (Wildman–Crippen MR) is 79.5 cm³/mol. The average molecular weight is 246 g/mol. The molecule has 92 valence electrons. The van der Waals surface area contributed by atoms with Gasteiger partial charge in [-0.2, -0.15) is 0 Å². The van der Waals surface area contributed by atoms with Gasteiger partial charge >= 0.3 is 0 Å². The van der Waals surface area contributed by atoms with E-state index < -0.39 is 0 Å². The van der Waals surface area contributed by atoms with Crippen molar-refractivity contribution in [3.05, 3.63) is 73.1 Å². The second kappa shape index (κ2) is 4.94. The number of nitrogen functional groups attached to an aromatic ring is 1. The fraction of sp³-hybridized carbons (Fsp3) is 0. The monoisotopic (exact) mass is 246 g/mol. The lowest BCUT2D eigenvalue weighted by Crippen LogP contribution is -1.84. The normalized spacial score (nSPS) is 10.3. The molecule has 1 aromatic heterocycles. The zero-order valence-corrected chi connectivity index (χ0v) is 10.5. The van der Waals surface area contributed by atoms with E-state index in [1.807, 2.05) is 48.8 Å². The van der Waals surface area contributed by atoms with Gasteiger partial charge in [0.15, 0.2) is 0 Å². The van der Waals surface area contributed by atoms with Crippen molar-refractivity contribution >= 4 is 5.69 Å². The zero-order chi connectivity index (χ0) is 13.1. The summed E-state index contributed by atoms with van der Waals surface area (Å²) in [6, 6.07) is 20.5. The van der Waals surface area contributed by atoms with E-state index in [9.17, 15) is 0 Å². The lowest BCUT2D eigenvalue weighted by atomic mass is 10.0. The predicted octanol–water partition coefficient (Wildman–Crippen LogP) is 4.00. The molecule has 0 amide bonds. The molecular weight excluding hydrogens is 232 g/mol. The first-order valence-electron chi connectivity index (χ1n) is 6.19. The van der Waals surface area contributed by atoms with Gasteiger partial charge in [0.05, 0.1) is 0 Å². The standard InChI is InChI=1S/C17H14N2/c18-17-7-5-15(6-8-17)13-1-3-14(4-2-13)16-9-11-19-12-10-16/h1-12H,18H2. The Morgan fingerprint density at radius 2 is 0.895 bits per heavy atom. The third-order valence-electron chi connectivity index (χ3n) is 3.14. The van der Waals surface area contributed by atoms with Crippen LogP contribution in [0.5, 0.6) is 0 Å². The number of hydrogen-bond donors (Lipinski definition) is 1. The molecule has 0 saturated heterocycles. The Balaban J connectivity index is 1.93. The van der Waals surface area contributed by atoms with Gasteiger partial charge < -0.3 is 5.73 Å². The molecule has 2 aromatic carbocycles. The molecular formula is C17H14N2. The first kappa shape index (κ1) is 11.5. The van der Waals surface area contributed by atoms with E-state index in [0.717, 1.165) is 5.69 Å². The number of rotatable bonds is 2.